The van der Waals surface area contributed by atoms with Gasteiger partial charge in [0.15, 0.2) is 15.0 Å². The summed E-state index contributed by atoms with van der Waals surface area (Å²) in [6, 6.07) is 25.1. The number of imidazole rings is 1. The summed E-state index contributed by atoms with van der Waals surface area (Å²) in [6.07, 6.45) is 0.454. The molecule has 1 aliphatic heterocycles. The molecule has 0 N–H and O–H groups in total. The summed E-state index contributed by atoms with van der Waals surface area (Å²) in [5.74, 6) is 0.145. The van der Waals surface area contributed by atoms with Gasteiger partial charge in [-0.25, -0.2) is 13.4 Å². The molecule has 2 heterocycles. The van der Waals surface area contributed by atoms with Gasteiger partial charge in [0.2, 0.25) is 5.91 Å². The molecule has 1 aromatic heterocycles. The lowest BCUT2D eigenvalue weighted by Crippen LogP contribution is -2.42. The van der Waals surface area contributed by atoms with Gasteiger partial charge in [-0.1, -0.05) is 54.2 Å². The third-order valence-corrected chi connectivity index (χ3v) is 8.66. The Morgan fingerprint density at radius 2 is 1.82 bits per heavy atom. The molecule has 1 atom stereocenters. The van der Waals surface area contributed by atoms with Crippen molar-refractivity contribution in [2.24, 2.45) is 0 Å². The number of thioether (sulfide) groups is 1. The second-order valence-electron chi connectivity index (χ2n) is 8.50. The van der Waals surface area contributed by atoms with Crippen molar-refractivity contribution in [3.8, 4) is 5.69 Å². The average Bonchev–Trinajstić information content (AvgIpc) is 3.38. The van der Waals surface area contributed by atoms with Gasteiger partial charge in [-0.05, 0) is 55.3 Å². The number of aryl methyl sites for hydroxylation is 1. The molecule has 1 aliphatic rings. The molecular weight excluding hydrogens is 466 g/mol. The largest absolute Gasteiger partial charge is 0.308 e. The van der Waals surface area contributed by atoms with Gasteiger partial charge in [0.1, 0.15) is 0 Å². The number of carbonyl (C=O) groups excluding carboxylic acids is 1. The lowest BCUT2D eigenvalue weighted by Gasteiger charge is -2.28. The Bertz CT molecular complexity index is 1450. The summed E-state index contributed by atoms with van der Waals surface area (Å²) in [6.45, 7) is 2.05. The van der Waals surface area contributed by atoms with Crippen LogP contribution in [0.15, 0.2) is 84.0 Å². The van der Waals surface area contributed by atoms with Gasteiger partial charge in [0.05, 0.1) is 34.3 Å². The average molecular weight is 492 g/mol. The highest BCUT2D eigenvalue weighted by atomic mass is 32.2. The van der Waals surface area contributed by atoms with Gasteiger partial charge in [0.25, 0.3) is 0 Å². The Morgan fingerprint density at radius 1 is 1.06 bits per heavy atom. The standard InChI is InChI=1S/C26H25N3O3S2/c1-19-8-7-11-21(16-19)29-24-13-6-5-12-23(24)27-26(29)33-17-25(30)28(20-9-3-2-4-10-20)22-14-15-34(31,32)18-22/h2-13,16,22H,14-15,17-18H2,1H3/t22-/m1/s1. The number of aromatic nitrogens is 2. The summed E-state index contributed by atoms with van der Waals surface area (Å²) in [5, 5.41) is 0.729. The summed E-state index contributed by atoms with van der Waals surface area (Å²) < 4.78 is 26.4. The maximum atomic E-state index is 13.5. The first kappa shape index (κ1) is 22.7. The van der Waals surface area contributed by atoms with E-state index in [0.717, 1.165) is 33.1 Å². The normalized spacial score (nSPS) is 17.1. The maximum absolute atomic E-state index is 13.5. The SMILES string of the molecule is Cc1cccc(-n2c(SCC(=O)N(c3ccccc3)[C@@H]3CCS(=O)(=O)C3)nc3ccccc32)c1. The third-order valence-electron chi connectivity index (χ3n) is 5.99. The molecule has 34 heavy (non-hydrogen) atoms. The van der Waals surface area contributed by atoms with Gasteiger partial charge < -0.3 is 4.90 Å². The van der Waals surface area contributed by atoms with E-state index in [2.05, 4.69) is 10.6 Å². The van der Waals surface area contributed by atoms with Crippen LogP contribution in [-0.2, 0) is 14.6 Å². The molecule has 0 spiro atoms. The molecule has 1 saturated heterocycles. The molecule has 0 aliphatic carbocycles. The van der Waals surface area contributed by atoms with Gasteiger partial charge in [0, 0.05) is 11.4 Å². The first-order valence-corrected chi connectivity index (χ1v) is 14.0. The second-order valence-corrected chi connectivity index (χ2v) is 11.7. The van der Waals surface area contributed by atoms with Crippen LogP contribution in [0.25, 0.3) is 16.7 Å². The predicted octanol–water partition coefficient (Wildman–Crippen LogP) is 4.65. The number of nitrogens with zero attached hydrogens (tertiary/aromatic N) is 3. The predicted molar refractivity (Wildman–Crippen MR) is 138 cm³/mol. The van der Waals surface area contributed by atoms with Crippen LogP contribution in [0.4, 0.5) is 5.69 Å². The van der Waals surface area contributed by atoms with Crippen LogP contribution in [0, 0.1) is 6.92 Å². The highest BCUT2D eigenvalue weighted by Crippen LogP contribution is 2.30. The lowest BCUT2D eigenvalue weighted by molar-refractivity contribution is -0.116. The fraction of sp³-hybridized carbons (Fsp3) is 0.231. The van der Waals surface area contributed by atoms with E-state index >= 15 is 0 Å². The van der Waals surface area contributed by atoms with Crippen molar-refractivity contribution >= 4 is 44.2 Å². The van der Waals surface area contributed by atoms with Crippen molar-refractivity contribution < 1.29 is 13.2 Å². The highest BCUT2D eigenvalue weighted by Gasteiger charge is 2.35. The molecule has 1 amide bonds. The van der Waals surface area contributed by atoms with Gasteiger partial charge in [-0.2, -0.15) is 0 Å². The number of para-hydroxylation sites is 3. The molecule has 6 nitrogen and oxygen atoms in total. The Kier molecular flexibility index (Phi) is 6.18. The van der Waals surface area contributed by atoms with E-state index in [1.165, 1.54) is 11.8 Å². The Hall–Kier alpha value is -3.10. The molecule has 5 rings (SSSR count). The molecule has 0 saturated carbocycles. The van der Waals surface area contributed by atoms with Crippen LogP contribution in [0.5, 0.6) is 0 Å². The van der Waals surface area contributed by atoms with Crippen molar-refractivity contribution in [3.05, 3.63) is 84.4 Å². The zero-order valence-electron chi connectivity index (χ0n) is 18.8. The number of rotatable bonds is 6. The minimum Gasteiger partial charge on any atom is -0.308 e. The van der Waals surface area contributed by atoms with E-state index in [1.54, 1.807) is 4.90 Å². The zero-order valence-corrected chi connectivity index (χ0v) is 20.4. The number of sulfone groups is 1. The van der Waals surface area contributed by atoms with E-state index < -0.39 is 9.84 Å². The van der Waals surface area contributed by atoms with Crippen LogP contribution >= 0.6 is 11.8 Å². The number of carbonyl (C=O) groups is 1. The second kappa shape index (κ2) is 9.27. The maximum Gasteiger partial charge on any atom is 0.237 e. The topological polar surface area (TPSA) is 72.3 Å². The molecule has 174 valence electrons. The minimum absolute atomic E-state index is 0.000105. The number of amides is 1. The minimum atomic E-state index is -3.13. The monoisotopic (exact) mass is 491 g/mol. The fourth-order valence-electron chi connectivity index (χ4n) is 4.44. The van der Waals surface area contributed by atoms with E-state index in [4.69, 9.17) is 4.98 Å². The quantitative estimate of drug-likeness (QED) is 0.367. The number of benzene rings is 3. The van der Waals surface area contributed by atoms with E-state index in [0.29, 0.717) is 6.42 Å². The van der Waals surface area contributed by atoms with Gasteiger partial charge in [-0.3, -0.25) is 9.36 Å². The van der Waals surface area contributed by atoms with Crippen molar-refractivity contribution in [3.63, 3.8) is 0 Å². The smallest absolute Gasteiger partial charge is 0.237 e. The van der Waals surface area contributed by atoms with Crippen molar-refractivity contribution in [1.82, 2.24) is 9.55 Å². The van der Waals surface area contributed by atoms with E-state index in [1.807, 2.05) is 79.7 Å². The van der Waals surface area contributed by atoms with Crippen LogP contribution in [0.3, 0.4) is 0 Å². The molecule has 0 radical (unpaired) electrons. The molecular formula is C26H25N3O3S2. The lowest BCUT2D eigenvalue weighted by atomic mass is 10.2. The molecule has 1 fully saturated rings. The molecule has 3 aromatic carbocycles. The Morgan fingerprint density at radius 3 is 2.56 bits per heavy atom. The number of anilines is 1. The first-order chi connectivity index (χ1) is 16.4. The van der Waals surface area contributed by atoms with Crippen LogP contribution < -0.4 is 4.90 Å². The summed E-state index contributed by atoms with van der Waals surface area (Å²) >= 11 is 1.37. The fourth-order valence-corrected chi connectivity index (χ4v) is 7.03. The first-order valence-electron chi connectivity index (χ1n) is 11.2. The Labute approximate surface area is 203 Å². The number of fused-ring (bicyclic) bond motifs is 1. The number of hydrogen-bond donors (Lipinski definition) is 0. The molecule has 0 bridgehead atoms. The zero-order chi connectivity index (χ0) is 23.7. The van der Waals surface area contributed by atoms with Crippen LogP contribution in [-0.4, -0.2) is 47.2 Å². The highest BCUT2D eigenvalue weighted by molar-refractivity contribution is 7.99. The van der Waals surface area contributed by atoms with Crippen LogP contribution in [0.2, 0.25) is 0 Å². The molecule has 4 aromatic rings. The van der Waals surface area contributed by atoms with E-state index in [-0.39, 0.29) is 29.2 Å². The summed E-state index contributed by atoms with van der Waals surface area (Å²) in [7, 11) is -3.13. The van der Waals surface area contributed by atoms with Crippen LogP contribution in [0.1, 0.15) is 12.0 Å². The Balaban J connectivity index is 1.46. The summed E-state index contributed by atoms with van der Waals surface area (Å²) in [4.78, 5) is 20.0. The third kappa shape index (κ3) is 4.60. The van der Waals surface area contributed by atoms with Gasteiger partial charge in [-0.15, -0.1) is 0 Å². The van der Waals surface area contributed by atoms with Gasteiger partial charge >= 0.3 is 0 Å². The number of hydrogen-bond acceptors (Lipinski definition) is 5. The van der Waals surface area contributed by atoms with Crippen molar-refractivity contribution in [2.45, 2.75) is 24.5 Å². The molecule has 8 heteroatoms. The summed E-state index contributed by atoms with van der Waals surface area (Å²) in [5.41, 5.74) is 4.69. The van der Waals surface area contributed by atoms with Crippen molar-refractivity contribution in [2.75, 3.05) is 22.2 Å². The van der Waals surface area contributed by atoms with E-state index in [9.17, 15) is 13.2 Å². The molecule has 0 unspecified atom stereocenters. The van der Waals surface area contributed by atoms with Crippen molar-refractivity contribution in [1.29, 1.82) is 0 Å².